The second-order valence-electron chi connectivity index (χ2n) is 3.62. The van der Waals surface area contributed by atoms with E-state index in [1.807, 2.05) is 0 Å². The van der Waals surface area contributed by atoms with Crippen LogP contribution in [-0.2, 0) is 5.60 Å². The van der Waals surface area contributed by atoms with Crippen LogP contribution in [0.5, 0.6) is 0 Å². The third-order valence-corrected chi connectivity index (χ3v) is 2.63. The van der Waals surface area contributed by atoms with E-state index in [0.29, 0.717) is 25.9 Å². The summed E-state index contributed by atoms with van der Waals surface area (Å²) >= 11 is 0. The highest BCUT2D eigenvalue weighted by Crippen LogP contribution is 2.30. The molecule has 1 saturated heterocycles. The van der Waals surface area contributed by atoms with Crippen LogP contribution in [-0.4, -0.2) is 23.2 Å². The number of nitrogens with one attached hydrogen (secondary N) is 1. The Morgan fingerprint density at radius 2 is 2.14 bits per heavy atom. The van der Waals surface area contributed by atoms with Gasteiger partial charge in [-0.2, -0.15) is 0 Å². The fourth-order valence-corrected chi connectivity index (χ4v) is 1.81. The Morgan fingerprint density at radius 1 is 1.43 bits per heavy atom. The molecule has 14 heavy (non-hydrogen) atoms. The summed E-state index contributed by atoms with van der Waals surface area (Å²) in [6, 6.07) is 2.87. The molecule has 76 valence electrons. The molecule has 0 amide bonds. The van der Waals surface area contributed by atoms with E-state index in [1.54, 1.807) is 0 Å². The topological polar surface area (TPSA) is 45.2 Å². The third kappa shape index (κ3) is 1.63. The fraction of sp³-hybridized carbons (Fsp3) is 0.500. The van der Waals surface area contributed by atoms with Crippen molar-refractivity contribution in [2.24, 2.45) is 0 Å². The molecule has 1 aromatic rings. The van der Waals surface area contributed by atoms with Gasteiger partial charge in [0.25, 0.3) is 0 Å². The van der Waals surface area contributed by atoms with Gasteiger partial charge in [0.15, 0.2) is 0 Å². The molecule has 0 atom stereocenters. The van der Waals surface area contributed by atoms with E-state index in [2.05, 4.69) is 10.3 Å². The lowest BCUT2D eigenvalue weighted by Gasteiger charge is -2.31. The molecule has 0 aliphatic carbocycles. The largest absolute Gasteiger partial charge is 0.383 e. The average Bonchev–Trinajstić information content (AvgIpc) is 2.19. The van der Waals surface area contributed by atoms with Crippen molar-refractivity contribution in [2.45, 2.75) is 18.4 Å². The number of rotatable bonds is 1. The zero-order valence-corrected chi connectivity index (χ0v) is 7.83. The maximum atomic E-state index is 13.4. The van der Waals surface area contributed by atoms with Gasteiger partial charge >= 0.3 is 0 Å². The maximum Gasteiger partial charge on any atom is 0.147 e. The quantitative estimate of drug-likeness (QED) is 0.698. The Bertz CT molecular complexity index is 324. The molecule has 0 saturated carbocycles. The molecule has 1 aliphatic heterocycles. The van der Waals surface area contributed by atoms with Crippen LogP contribution in [0.3, 0.4) is 0 Å². The van der Waals surface area contributed by atoms with E-state index in [1.165, 1.54) is 18.3 Å². The highest BCUT2D eigenvalue weighted by Gasteiger charge is 2.34. The Labute approximate surface area is 82.0 Å². The molecule has 1 fully saturated rings. The Morgan fingerprint density at radius 3 is 2.79 bits per heavy atom. The average molecular weight is 196 g/mol. The molecule has 1 aliphatic rings. The predicted molar refractivity (Wildman–Crippen MR) is 50.2 cm³/mol. The molecule has 2 rings (SSSR count). The summed E-state index contributed by atoms with van der Waals surface area (Å²) in [7, 11) is 0. The van der Waals surface area contributed by atoms with Crippen molar-refractivity contribution in [1.29, 1.82) is 0 Å². The first kappa shape index (κ1) is 9.55. The Kier molecular flexibility index (Phi) is 2.48. The van der Waals surface area contributed by atoms with Gasteiger partial charge in [0.2, 0.25) is 0 Å². The summed E-state index contributed by atoms with van der Waals surface area (Å²) in [5.41, 5.74) is -0.905. The minimum Gasteiger partial charge on any atom is -0.383 e. The van der Waals surface area contributed by atoms with Crippen molar-refractivity contribution in [1.82, 2.24) is 10.3 Å². The van der Waals surface area contributed by atoms with E-state index in [4.69, 9.17) is 0 Å². The van der Waals surface area contributed by atoms with Gasteiger partial charge < -0.3 is 10.4 Å². The summed E-state index contributed by atoms with van der Waals surface area (Å²) < 4.78 is 13.4. The van der Waals surface area contributed by atoms with E-state index < -0.39 is 11.4 Å². The summed E-state index contributed by atoms with van der Waals surface area (Å²) in [5.74, 6) is -0.420. The maximum absolute atomic E-state index is 13.4. The zero-order valence-electron chi connectivity index (χ0n) is 7.83. The van der Waals surface area contributed by atoms with Gasteiger partial charge in [-0.05, 0) is 38.1 Å². The van der Waals surface area contributed by atoms with Crippen LogP contribution in [0.2, 0.25) is 0 Å². The second-order valence-corrected chi connectivity index (χ2v) is 3.62. The summed E-state index contributed by atoms with van der Waals surface area (Å²) in [4.78, 5) is 3.92. The monoisotopic (exact) mass is 196 g/mol. The molecule has 0 radical (unpaired) electrons. The van der Waals surface area contributed by atoms with Crippen molar-refractivity contribution < 1.29 is 9.50 Å². The number of aromatic nitrogens is 1. The Balaban J connectivity index is 2.32. The zero-order chi connectivity index (χ0) is 10.0. The highest BCUT2D eigenvalue weighted by atomic mass is 19.1. The van der Waals surface area contributed by atoms with Crippen LogP contribution >= 0.6 is 0 Å². The predicted octanol–water partition coefficient (Wildman–Crippen LogP) is 0.792. The normalized spacial score (nSPS) is 20.7. The molecule has 0 bridgehead atoms. The molecular formula is C10H13FN2O. The summed E-state index contributed by atoms with van der Waals surface area (Å²) in [6.07, 6.45) is 2.54. The molecule has 3 nitrogen and oxygen atoms in total. The fourth-order valence-electron chi connectivity index (χ4n) is 1.81. The molecule has 4 heteroatoms. The number of aliphatic hydroxyl groups is 1. The highest BCUT2D eigenvalue weighted by molar-refractivity contribution is 5.16. The van der Waals surface area contributed by atoms with Crippen molar-refractivity contribution in [3.05, 3.63) is 29.8 Å². The first-order valence-corrected chi connectivity index (χ1v) is 4.76. The number of nitrogens with zero attached hydrogens (tertiary/aromatic N) is 1. The minimum absolute atomic E-state index is 0.182. The lowest BCUT2D eigenvalue weighted by Crippen LogP contribution is -2.40. The molecule has 0 unspecified atom stereocenters. The number of hydrogen-bond donors (Lipinski definition) is 2. The summed E-state index contributed by atoms with van der Waals surface area (Å²) in [5, 5.41) is 13.3. The van der Waals surface area contributed by atoms with Crippen molar-refractivity contribution >= 4 is 0 Å². The lowest BCUT2D eigenvalue weighted by molar-refractivity contribution is -0.00155. The molecule has 1 aromatic heterocycles. The van der Waals surface area contributed by atoms with Gasteiger partial charge in [-0.15, -0.1) is 0 Å². The standard InChI is InChI=1S/C10H13FN2O/c11-8-2-1-5-13-9(8)10(14)3-6-12-7-4-10/h1-2,5,12,14H,3-4,6-7H2. The van der Waals surface area contributed by atoms with Gasteiger partial charge in [-0.3, -0.25) is 4.98 Å². The van der Waals surface area contributed by atoms with Gasteiger partial charge in [-0.1, -0.05) is 0 Å². The first-order chi connectivity index (χ1) is 6.72. The van der Waals surface area contributed by atoms with Gasteiger partial charge in [0.05, 0.1) is 0 Å². The summed E-state index contributed by atoms with van der Waals surface area (Å²) in [6.45, 7) is 1.40. The first-order valence-electron chi connectivity index (χ1n) is 4.76. The van der Waals surface area contributed by atoms with Crippen LogP contribution in [0.4, 0.5) is 4.39 Å². The van der Waals surface area contributed by atoms with E-state index in [0.717, 1.165) is 0 Å². The minimum atomic E-state index is -1.09. The van der Waals surface area contributed by atoms with E-state index in [9.17, 15) is 9.50 Å². The number of piperidine rings is 1. The third-order valence-electron chi connectivity index (χ3n) is 2.63. The van der Waals surface area contributed by atoms with Gasteiger partial charge in [0.1, 0.15) is 17.1 Å². The number of halogens is 1. The number of hydrogen-bond acceptors (Lipinski definition) is 3. The van der Waals surface area contributed by atoms with Crippen molar-refractivity contribution in [3.63, 3.8) is 0 Å². The van der Waals surface area contributed by atoms with Crippen molar-refractivity contribution in [2.75, 3.05) is 13.1 Å². The van der Waals surface area contributed by atoms with Crippen LogP contribution in [0.1, 0.15) is 18.5 Å². The Hall–Kier alpha value is -1.00. The smallest absolute Gasteiger partial charge is 0.147 e. The van der Waals surface area contributed by atoms with Crippen LogP contribution in [0, 0.1) is 5.82 Å². The SMILES string of the molecule is OC1(c2ncccc2F)CCNCC1. The molecule has 2 heterocycles. The second kappa shape index (κ2) is 3.63. The van der Waals surface area contributed by atoms with Crippen molar-refractivity contribution in [3.8, 4) is 0 Å². The van der Waals surface area contributed by atoms with Crippen LogP contribution in [0.15, 0.2) is 18.3 Å². The van der Waals surface area contributed by atoms with E-state index in [-0.39, 0.29) is 5.69 Å². The van der Waals surface area contributed by atoms with Gasteiger partial charge in [0, 0.05) is 6.20 Å². The lowest BCUT2D eigenvalue weighted by atomic mass is 9.88. The van der Waals surface area contributed by atoms with Crippen LogP contribution in [0.25, 0.3) is 0 Å². The molecular weight excluding hydrogens is 183 g/mol. The van der Waals surface area contributed by atoms with Crippen LogP contribution < -0.4 is 5.32 Å². The molecule has 0 aromatic carbocycles. The van der Waals surface area contributed by atoms with Gasteiger partial charge in [-0.25, -0.2) is 4.39 Å². The molecule has 2 N–H and O–H groups in total. The van der Waals surface area contributed by atoms with E-state index >= 15 is 0 Å². The molecule has 0 spiro atoms. The number of pyridine rings is 1.